The van der Waals surface area contributed by atoms with Crippen LogP contribution >= 0.6 is 0 Å². The van der Waals surface area contributed by atoms with Crippen molar-refractivity contribution in [1.29, 1.82) is 0 Å². The summed E-state index contributed by atoms with van der Waals surface area (Å²) < 4.78 is 0. The van der Waals surface area contributed by atoms with Crippen LogP contribution in [0.4, 0.5) is 0 Å². The molecule has 41 heavy (non-hydrogen) atoms. The third kappa shape index (κ3) is 12.0. The third-order valence-corrected chi connectivity index (χ3v) is 8.81. The SMILES string of the molecule is CC1=C(/C=C/C(C)=C/C=C/C(C)=C/C(N)/C=C/C(C)=C/C=C/C(C)=C/C=C2\C(C)CCCC2(C)C)C(C)(C)CCC1. The van der Waals surface area contributed by atoms with Crippen LogP contribution in [0.15, 0.2) is 118 Å². The minimum atomic E-state index is -0.116. The zero-order valence-electron chi connectivity index (χ0n) is 28.0. The Morgan fingerprint density at radius 2 is 1.37 bits per heavy atom. The van der Waals surface area contributed by atoms with E-state index < -0.39 is 0 Å². The summed E-state index contributed by atoms with van der Waals surface area (Å²) in [5, 5.41) is 0. The summed E-state index contributed by atoms with van der Waals surface area (Å²) in [6, 6.07) is -0.116. The van der Waals surface area contributed by atoms with E-state index in [9.17, 15) is 0 Å². The second-order valence-corrected chi connectivity index (χ2v) is 13.9. The minimum absolute atomic E-state index is 0.116. The van der Waals surface area contributed by atoms with Crippen LogP contribution in [0.25, 0.3) is 0 Å². The van der Waals surface area contributed by atoms with E-state index in [1.807, 2.05) is 0 Å². The minimum Gasteiger partial charge on any atom is -0.321 e. The molecule has 0 aliphatic heterocycles. The van der Waals surface area contributed by atoms with E-state index in [1.54, 1.807) is 5.57 Å². The number of hydrogen-bond acceptors (Lipinski definition) is 1. The topological polar surface area (TPSA) is 26.0 Å². The summed E-state index contributed by atoms with van der Waals surface area (Å²) in [6.07, 6.45) is 36.1. The maximum atomic E-state index is 6.35. The van der Waals surface area contributed by atoms with Crippen molar-refractivity contribution < 1.29 is 0 Å². The Hall–Kier alpha value is -2.64. The number of hydrogen-bond donors (Lipinski definition) is 1. The molecule has 1 fully saturated rings. The molecule has 2 atom stereocenters. The highest BCUT2D eigenvalue weighted by atomic mass is 14.6. The van der Waals surface area contributed by atoms with Gasteiger partial charge >= 0.3 is 0 Å². The van der Waals surface area contributed by atoms with Crippen LogP contribution in [0, 0.1) is 16.7 Å². The van der Waals surface area contributed by atoms with Crippen LogP contribution in [0.1, 0.15) is 108 Å². The summed E-state index contributed by atoms with van der Waals surface area (Å²) in [6.45, 7) is 22.7. The van der Waals surface area contributed by atoms with Crippen molar-refractivity contribution >= 4 is 0 Å². The van der Waals surface area contributed by atoms with Crippen molar-refractivity contribution in [3.63, 3.8) is 0 Å². The van der Waals surface area contributed by atoms with Gasteiger partial charge in [0.05, 0.1) is 0 Å². The maximum absolute atomic E-state index is 6.35. The predicted molar refractivity (Wildman–Crippen MR) is 185 cm³/mol. The van der Waals surface area contributed by atoms with Gasteiger partial charge in [-0.25, -0.2) is 0 Å². The van der Waals surface area contributed by atoms with Gasteiger partial charge < -0.3 is 5.73 Å². The van der Waals surface area contributed by atoms with Crippen LogP contribution in [0.2, 0.25) is 0 Å². The summed E-state index contributed by atoms with van der Waals surface area (Å²) >= 11 is 0. The number of allylic oxidation sites excluding steroid dienone is 18. The van der Waals surface area contributed by atoms with Crippen LogP contribution in [0.3, 0.4) is 0 Å². The molecule has 0 amide bonds. The van der Waals surface area contributed by atoms with Gasteiger partial charge in [0.15, 0.2) is 0 Å². The van der Waals surface area contributed by atoms with E-state index in [0.717, 1.165) is 5.57 Å². The molecule has 0 bridgehead atoms. The number of rotatable bonds is 10. The fourth-order valence-electron chi connectivity index (χ4n) is 6.20. The largest absolute Gasteiger partial charge is 0.321 e. The second kappa shape index (κ2) is 16.1. The first kappa shape index (κ1) is 34.6. The molecule has 0 aromatic rings. The smallest absolute Gasteiger partial charge is 0.0419 e. The van der Waals surface area contributed by atoms with Crippen molar-refractivity contribution in [2.75, 3.05) is 0 Å². The molecular weight excluding hydrogens is 494 g/mol. The number of nitrogens with two attached hydrogens (primary N) is 1. The van der Waals surface area contributed by atoms with Gasteiger partial charge in [-0.3, -0.25) is 0 Å². The van der Waals surface area contributed by atoms with Crippen LogP contribution < -0.4 is 5.73 Å². The summed E-state index contributed by atoms with van der Waals surface area (Å²) in [5.41, 5.74) is 16.5. The zero-order chi connectivity index (χ0) is 30.6. The van der Waals surface area contributed by atoms with Crippen molar-refractivity contribution in [3.05, 3.63) is 118 Å². The fourth-order valence-corrected chi connectivity index (χ4v) is 6.20. The molecule has 2 unspecified atom stereocenters. The Kier molecular flexibility index (Phi) is 13.6. The van der Waals surface area contributed by atoms with Crippen LogP contribution in [-0.4, -0.2) is 6.04 Å². The van der Waals surface area contributed by atoms with Crippen molar-refractivity contribution in [1.82, 2.24) is 0 Å². The quantitative estimate of drug-likeness (QED) is 0.267. The van der Waals surface area contributed by atoms with Crippen molar-refractivity contribution in [2.24, 2.45) is 22.5 Å². The van der Waals surface area contributed by atoms with E-state index in [-0.39, 0.29) is 11.5 Å². The molecule has 0 saturated heterocycles. The van der Waals surface area contributed by atoms with Gasteiger partial charge in [-0.2, -0.15) is 0 Å². The first-order chi connectivity index (χ1) is 19.2. The van der Waals surface area contributed by atoms with Gasteiger partial charge in [-0.05, 0) is 89.0 Å². The Morgan fingerprint density at radius 3 is 2.00 bits per heavy atom. The molecule has 2 N–H and O–H groups in total. The lowest BCUT2D eigenvalue weighted by molar-refractivity contribution is 0.290. The van der Waals surface area contributed by atoms with E-state index in [1.165, 1.54) is 66.4 Å². The van der Waals surface area contributed by atoms with Gasteiger partial charge in [-0.15, -0.1) is 0 Å². The van der Waals surface area contributed by atoms with Gasteiger partial charge in [0.1, 0.15) is 0 Å². The first-order valence-electron chi connectivity index (χ1n) is 15.8. The Morgan fingerprint density at radius 1 is 0.780 bits per heavy atom. The van der Waals surface area contributed by atoms with E-state index in [2.05, 4.69) is 148 Å². The molecule has 1 heteroatoms. The molecule has 1 saturated carbocycles. The lowest BCUT2D eigenvalue weighted by atomic mass is 9.68. The molecule has 0 spiro atoms. The van der Waals surface area contributed by atoms with Crippen molar-refractivity contribution in [2.45, 2.75) is 114 Å². The molecular formula is C40H59N. The van der Waals surface area contributed by atoms with Gasteiger partial charge in [-0.1, -0.05) is 153 Å². The average Bonchev–Trinajstić information content (AvgIpc) is 2.86. The Balaban J connectivity index is 1.91. The molecule has 1 nitrogen and oxygen atoms in total. The zero-order valence-corrected chi connectivity index (χ0v) is 28.0. The second-order valence-electron chi connectivity index (χ2n) is 13.9. The summed E-state index contributed by atoms with van der Waals surface area (Å²) in [4.78, 5) is 0. The van der Waals surface area contributed by atoms with Crippen LogP contribution in [0.5, 0.6) is 0 Å². The maximum Gasteiger partial charge on any atom is 0.0419 e. The van der Waals surface area contributed by atoms with E-state index in [4.69, 9.17) is 5.73 Å². The predicted octanol–water partition coefficient (Wildman–Crippen LogP) is 11.6. The average molecular weight is 554 g/mol. The molecule has 2 aliphatic carbocycles. The molecule has 0 radical (unpaired) electrons. The summed E-state index contributed by atoms with van der Waals surface area (Å²) in [7, 11) is 0. The standard InChI is InChI=1S/C40H59N/c1-30(15-11-16-31(2)22-25-37-34(5)19-13-27-39(37,7)8)21-24-36(41)29-33(4)18-12-17-32(3)23-26-38-35(6)20-14-28-40(38,9)10/h11-12,15-18,21-26,29,34,36H,13-14,19-20,27-28,41H2,1-10H3/b16-11+,18-12+,24-21+,26-23+,30-15+,31-22+,32-17+,33-29+,37-25+. The summed E-state index contributed by atoms with van der Waals surface area (Å²) in [5.74, 6) is 0.681. The lowest BCUT2D eigenvalue weighted by Gasteiger charge is -2.37. The molecule has 0 heterocycles. The monoisotopic (exact) mass is 553 g/mol. The third-order valence-electron chi connectivity index (χ3n) is 8.81. The Bertz CT molecular complexity index is 1190. The van der Waals surface area contributed by atoms with E-state index >= 15 is 0 Å². The highest BCUT2D eigenvalue weighted by Gasteiger charge is 2.30. The normalized spacial score (nSPS) is 25.0. The van der Waals surface area contributed by atoms with Gasteiger partial charge in [0.25, 0.3) is 0 Å². The van der Waals surface area contributed by atoms with Gasteiger partial charge in [0, 0.05) is 6.04 Å². The Labute approximate surface area is 253 Å². The molecule has 2 aliphatic rings. The van der Waals surface area contributed by atoms with Gasteiger partial charge in [0.2, 0.25) is 0 Å². The first-order valence-corrected chi connectivity index (χ1v) is 15.8. The fraction of sp³-hybridized carbons (Fsp3) is 0.500. The molecule has 0 aromatic carbocycles. The highest BCUT2D eigenvalue weighted by molar-refractivity contribution is 5.37. The lowest BCUT2D eigenvalue weighted by Crippen LogP contribution is -2.24. The van der Waals surface area contributed by atoms with Crippen LogP contribution in [-0.2, 0) is 0 Å². The molecule has 2 rings (SSSR count). The molecule has 224 valence electrons. The molecule has 0 aromatic heterocycles. The highest BCUT2D eigenvalue weighted by Crippen LogP contribution is 2.43. The van der Waals surface area contributed by atoms with Crippen molar-refractivity contribution in [3.8, 4) is 0 Å². The van der Waals surface area contributed by atoms with E-state index in [0.29, 0.717) is 11.3 Å².